The Balaban J connectivity index is 2.73. The van der Waals surface area contributed by atoms with Crippen LogP contribution in [0.1, 0.15) is 13.8 Å². The first kappa shape index (κ1) is 15.2. The van der Waals surface area contributed by atoms with Crippen molar-refractivity contribution in [3.05, 3.63) is 18.3 Å². The topological polar surface area (TPSA) is 97.1 Å². The van der Waals surface area contributed by atoms with Crippen LogP contribution in [0.4, 0.5) is 5.82 Å². The van der Waals surface area contributed by atoms with Crippen LogP contribution in [0.5, 0.6) is 0 Å². The van der Waals surface area contributed by atoms with Gasteiger partial charge in [0.15, 0.2) is 0 Å². The molecule has 6 nitrogen and oxygen atoms in total. The van der Waals surface area contributed by atoms with E-state index in [0.29, 0.717) is 5.82 Å². The molecule has 0 aliphatic carbocycles. The molecule has 0 amide bonds. The van der Waals surface area contributed by atoms with Crippen molar-refractivity contribution in [2.24, 2.45) is 5.84 Å². The molecule has 8 heteroatoms. The van der Waals surface area contributed by atoms with Gasteiger partial charge in [0.25, 0.3) is 0 Å². The number of anilines is 1. The predicted octanol–water partition coefficient (Wildman–Crippen LogP) is 0.787. The molecule has 1 atom stereocenters. The van der Waals surface area contributed by atoms with Crippen molar-refractivity contribution in [2.75, 3.05) is 16.9 Å². The molecular formula is C10H18N4O2S2. The van der Waals surface area contributed by atoms with Gasteiger partial charge in [0.2, 0.25) is 10.0 Å². The van der Waals surface area contributed by atoms with Gasteiger partial charge in [0.1, 0.15) is 10.7 Å². The number of hydrogen-bond donors (Lipinski definition) is 3. The molecule has 0 aliphatic heterocycles. The van der Waals surface area contributed by atoms with Crippen LogP contribution in [0.2, 0.25) is 0 Å². The van der Waals surface area contributed by atoms with E-state index in [9.17, 15) is 8.42 Å². The number of hydrazine groups is 1. The van der Waals surface area contributed by atoms with Gasteiger partial charge in [-0.1, -0.05) is 6.92 Å². The van der Waals surface area contributed by atoms with Gasteiger partial charge < -0.3 is 5.43 Å². The van der Waals surface area contributed by atoms with Crippen LogP contribution in [0.3, 0.4) is 0 Å². The van der Waals surface area contributed by atoms with E-state index in [0.717, 1.165) is 11.5 Å². The molecule has 1 rings (SSSR count). The largest absolute Gasteiger partial charge is 0.308 e. The van der Waals surface area contributed by atoms with Gasteiger partial charge in [-0.15, -0.1) is 0 Å². The van der Waals surface area contributed by atoms with Crippen LogP contribution in [0.15, 0.2) is 23.2 Å². The van der Waals surface area contributed by atoms with E-state index < -0.39 is 10.0 Å². The van der Waals surface area contributed by atoms with Crippen molar-refractivity contribution >= 4 is 27.6 Å². The molecule has 0 bridgehead atoms. The van der Waals surface area contributed by atoms with Crippen LogP contribution in [0, 0.1) is 0 Å². The SMILES string of the molecule is CCSCC(C)NS(=O)(=O)c1ccc(NN)nc1. The minimum absolute atomic E-state index is 0.118. The summed E-state index contributed by atoms with van der Waals surface area (Å²) in [7, 11) is -3.51. The van der Waals surface area contributed by atoms with Crippen molar-refractivity contribution in [1.29, 1.82) is 0 Å². The van der Waals surface area contributed by atoms with Crippen molar-refractivity contribution in [3.63, 3.8) is 0 Å². The van der Waals surface area contributed by atoms with Crippen molar-refractivity contribution in [2.45, 2.75) is 24.8 Å². The first-order valence-corrected chi connectivity index (χ1v) is 8.16. The van der Waals surface area contributed by atoms with E-state index in [4.69, 9.17) is 5.84 Å². The summed E-state index contributed by atoms with van der Waals surface area (Å²) in [6, 6.07) is 2.86. The zero-order chi connectivity index (χ0) is 13.6. The summed E-state index contributed by atoms with van der Waals surface area (Å²) in [5, 5.41) is 0. The highest BCUT2D eigenvalue weighted by molar-refractivity contribution is 7.99. The molecule has 102 valence electrons. The minimum atomic E-state index is -3.51. The van der Waals surface area contributed by atoms with Crippen LogP contribution >= 0.6 is 11.8 Å². The molecule has 0 aromatic carbocycles. The number of nitrogens with two attached hydrogens (primary N) is 1. The molecule has 0 spiro atoms. The molecule has 4 N–H and O–H groups in total. The fraction of sp³-hybridized carbons (Fsp3) is 0.500. The molecule has 0 saturated heterocycles. The molecule has 0 fully saturated rings. The smallest absolute Gasteiger partial charge is 0.242 e. The zero-order valence-corrected chi connectivity index (χ0v) is 12.0. The summed E-state index contributed by atoms with van der Waals surface area (Å²) in [6.45, 7) is 3.87. The zero-order valence-electron chi connectivity index (χ0n) is 10.4. The molecule has 18 heavy (non-hydrogen) atoms. The summed E-state index contributed by atoms with van der Waals surface area (Å²) in [5.74, 6) is 7.29. The molecule has 0 radical (unpaired) electrons. The van der Waals surface area contributed by atoms with Crippen LogP contribution in [-0.2, 0) is 10.0 Å². The molecule has 1 heterocycles. The third-order valence-electron chi connectivity index (χ3n) is 2.12. The lowest BCUT2D eigenvalue weighted by atomic mass is 10.4. The predicted molar refractivity (Wildman–Crippen MR) is 74.8 cm³/mol. The van der Waals surface area contributed by atoms with E-state index in [1.807, 2.05) is 13.8 Å². The number of aromatic nitrogens is 1. The van der Waals surface area contributed by atoms with Crippen LogP contribution in [-0.4, -0.2) is 30.9 Å². The summed E-state index contributed by atoms with van der Waals surface area (Å²) < 4.78 is 26.6. The van der Waals surface area contributed by atoms with Crippen molar-refractivity contribution in [3.8, 4) is 0 Å². The highest BCUT2D eigenvalue weighted by atomic mass is 32.2. The second-order valence-electron chi connectivity index (χ2n) is 3.71. The van der Waals surface area contributed by atoms with Gasteiger partial charge in [-0.25, -0.2) is 24.0 Å². The average molecular weight is 290 g/mol. The molecule has 0 aliphatic rings. The Labute approximate surface area is 112 Å². The summed E-state index contributed by atoms with van der Waals surface area (Å²) >= 11 is 1.69. The number of sulfonamides is 1. The lowest BCUT2D eigenvalue weighted by molar-refractivity contribution is 0.570. The van der Waals surface area contributed by atoms with Gasteiger partial charge in [0, 0.05) is 18.0 Å². The Hall–Kier alpha value is -0.830. The maximum atomic E-state index is 12.0. The Kier molecular flexibility index (Phi) is 5.86. The second kappa shape index (κ2) is 6.93. The van der Waals surface area contributed by atoms with Crippen molar-refractivity contribution < 1.29 is 8.42 Å². The van der Waals surface area contributed by atoms with Gasteiger partial charge in [-0.2, -0.15) is 11.8 Å². The number of nitrogens with zero attached hydrogens (tertiary/aromatic N) is 1. The third-order valence-corrected chi connectivity index (χ3v) is 4.84. The number of rotatable bonds is 7. The Bertz CT molecular complexity index is 461. The second-order valence-corrected chi connectivity index (χ2v) is 6.74. The Morgan fingerprint density at radius 3 is 2.72 bits per heavy atom. The molecule has 1 aromatic rings. The van der Waals surface area contributed by atoms with E-state index in [1.165, 1.54) is 18.3 Å². The number of pyridine rings is 1. The lowest BCUT2D eigenvalue weighted by Crippen LogP contribution is -2.34. The third kappa shape index (κ3) is 4.45. The Morgan fingerprint density at radius 2 is 2.22 bits per heavy atom. The molecular weight excluding hydrogens is 272 g/mol. The lowest BCUT2D eigenvalue weighted by Gasteiger charge is -2.13. The number of thioether (sulfide) groups is 1. The van der Waals surface area contributed by atoms with E-state index >= 15 is 0 Å². The standard InChI is InChI=1S/C10H18N4O2S2/c1-3-17-7-8(2)14-18(15,16)9-4-5-10(13-11)12-6-9/h4-6,8,14H,3,7,11H2,1-2H3,(H,12,13). The van der Waals surface area contributed by atoms with E-state index in [-0.39, 0.29) is 10.9 Å². The first-order chi connectivity index (χ1) is 8.49. The fourth-order valence-electron chi connectivity index (χ4n) is 1.29. The average Bonchev–Trinajstić information content (AvgIpc) is 2.36. The maximum absolute atomic E-state index is 12.0. The quantitative estimate of drug-likeness (QED) is 0.507. The number of nitrogen functional groups attached to an aromatic ring is 1. The maximum Gasteiger partial charge on any atom is 0.242 e. The Morgan fingerprint density at radius 1 is 1.50 bits per heavy atom. The molecule has 1 unspecified atom stereocenters. The summed E-state index contributed by atoms with van der Waals surface area (Å²) in [5.41, 5.74) is 2.34. The first-order valence-electron chi connectivity index (χ1n) is 5.52. The van der Waals surface area contributed by atoms with Gasteiger partial charge in [0.05, 0.1) is 0 Å². The van der Waals surface area contributed by atoms with E-state index in [1.54, 1.807) is 11.8 Å². The molecule has 1 aromatic heterocycles. The summed E-state index contributed by atoms with van der Waals surface area (Å²) in [6.07, 6.45) is 1.28. The van der Waals surface area contributed by atoms with Gasteiger partial charge in [-0.05, 0) is 24.8 Å². The van der Waals surface area contributed by atoms with Crippen LogP contribution < -0.4 is 16.0 Å². The van der Waals surface area contributed by atoms with Crippen LogP contribution in [0.25, 0.3) is 0 Å². The van der Waals surface area contributed by atoms with Gasteiger partial charge >= 0.3 is 0 Å². The monoisotopic (exact) mass is 290 g/mol. The fourth-order valence-corrected chi connectivity index (χ4v) is 3.25. The number of hydrogen-bond acceptors (Lipinski definition) is 6. The minimum Gasteiger partial charge on any atom is -0.308 e. The highest BCUT2D eigenvalue weighted by Gasteiger charge is 2.17. The highest BCUT2D eigenvalue weighted by Crippen LogP contribution is 2.11. The van der Waals surface area contributed by atoms with E-state index in [2.05, 4.69) is 15.1 Å². The molecule has 0 saturated carbocycles. The number of nitrogens with one attached hydrogen (secondary N) is 2. The van der Waals surface area contributed by atoms with Gasteiger partial charge in [-0.3, -0.25) is 0 Å². The van der Waals surface area contributed by atoms with Crippen molar-refractivity contribution in [1.82, 2.24) is 9.71 Å². The summed E-state index contributed by atoms with van der Waals surface area (Å²) in [4.78, 5) is 4.01. The normalized spacial score (nSPS) is 13.3.